The standard InChI is InChI=1S/C28H28N2O3/c1-30-13-12-27-23-19-8-9-21(32-17-18-6-4-3-5-7-18)24(23)33-25(27)28(31-2)11-10-26(27,22(30)14-19)15-20(28)16-29/h3-11,20,22,25H,12-15,17H2,1-2H3/t20-,22+,25+,26+,27-,28+/m0/s1. The van der Waals surface area contributed by atoms with Crippen molar-refractivity contribution in [2.45, 2.75) is 49.0 Å². The number of nitrogens with zero attached hydrogens (tertiary/aromatic N) is 2. The van der Waals surface area contributed by atoms with Crippen molar-refractivity contribution < 1.29 is 14.2 Å². The maximum Gasteiger partial charge on any atom is 0.166 e. The van der Waals surface area contributed by atoms with Crippen LogP contribution in [0.5, 0.6) is 11.5 Å². The quantitative estimate of drug-likeness (QED) is 0.673. The number of nitriles is 1. The molecule has 1 saturated carbocycles. The molecule has 2 fully saturated rings. The summed E-state index contributed by atoms with van der Waals surface area (Å²) >= 11 is 0. The van der Waals surface area contributed by atoms with Crippen LogP contribution < -0.4 is 9.47 Å². The third-order valence-corrected chi connectivity index (χ3v) is 9.45. The number of fused-ring (bicyclic) bond motifs is 1. The van der Waals surface area contributed by atoms with E-state index in [1.165, 1.54) is 11.1 Å². The Bertz CT molecular complexity index is 1220. The first-order chi connectivity index (χ1) is 16.1. The molecular formula is C28H28N2O3. The Balaban J connectivity index is 1.42. The average molecular weight is 441 g/mol. The van der Waals surface area contributed by atoms with E-state index in [-0.39, 0.29) is 22.9 Å². The molecule has 5 heteroatoms. The van der Waals surface area contributed by atoms with E-state index in [1.54, 1.807) is 7.11 Å². The second-order valence-electron chi connectivity index (χ2n) is 10.4. The number of piperidine rings is 1. The zero-order chi connectivity index (χ0) is 22.4. The van der Waals surface area contributed by atoms with Crippen LogP contribution in [0.3, 0.4) is 0 Å². The molecule has 0 radical (unpaired) electrons. The molecule has 6 aliphatic rings. The van der Waals surface area contributed by atoms with E-state index in [1.807, 2.05) is 18.2 Å². The lowest BCUT2D eigenvalue weighted by Crippen LogP contribution is -2.78. The van der Waals surface area contributed by atoms with Gasteiger partial charge in [-0.3, -0.25) is 0 Å². The fourth-order valence-corrected chi connectivity index (χ4v) is 8.04. The van der Waals surface area contributed by atoms with Crippen LogP contribution in [-0.2, 0) is 23.2 Å². The van der Waals surface area contributed by atoms with Crippen LogP contribution >= 0.6 is 0 Å². The van der Waals surface area contributed by atoms with Gasteiger partial charge in [-0.05, 0) is 50.0 Å². The highest BCUT2D eigenvalue weighted by atomic mass is 16.6. The monoisotopic (exact) mass is 440 g/mol. The summed E-state index contributed by atoms with van der Waals surface area (Å²) in [6.45, 7) is 1.52. The Morgan fingerprint density at radius 2 is 2.03 bits per heavy atom. The lowest BCUT2D eigenvalue weighted by atomic mass is 9.37. The van der Waals surface area contributed by atoms with Crippen molar-refractivity contribution in [3.63, 3.8) is 0 Å². The van der Waals surface area contributed by atoms with Crippen molar-refractivity contribution in [1.82, 2.24) is 4.90 Å². The zero-order valence-corrected chi connectivity index (χ0v) is 19.1. The van der Waals surface area contributed by atoms with Crippen LogP contribution in [0.25, 0.3) is 0 Å². The first-order valence-electron chi connectivity index (χ1n) is 11.9. The van der Waals surface area contributed by atoms with Gasteiger partial charge in [0.05, 0.1) is 17.4 Å². The minimum absolute atomic E-state index is 0.123. The molecule has 2 spiro atoms. The molecule has 4 aliphatic carbocycles. The third kappa shape index (κ3) is 2.11. The first kappa shape index (κ1) is 19.6. The number of ether oxygens (including phenoxy) is 3. The van der Waals surface area contributed by atoms with E-state index in [0.29, 0.717) is 12.6 Å². The topological polar surface area (TPSA) is 54.7 Å². The van der Waals surface area contributed by atoms with Crippen molar-refractivity contribution in [3.8, 4) is 17.6 Å². The third-order valence-electron chi connectivity index (χ3n) is 9.45. The number of likely N-dealkylation sites (tertiary alicyclic amines) is 1. The summed E-state index contributed by atoms with van der Waals surface area (Å²) in [4.78, 5) is 2.51. The number of hydrogen-bond donors (Lipinski definition) is 0. The minimum Gasteiger partial charge on any atom is -0.485 e. The van der Waals surface area contributed by atoms with Gasteiger partial charge >= 0.3 is 0 Å². The molecule has 0 N–H and O–H groups in total. The molecule has 2 heterocycles. The second-order valence-corrected chi connectivity index (χ2v) is 10.4. The SMILES string of the molecule is CO[C@]12C=C[C@@]3(C[C@H]1C#N)[C@H]1Cc4ccc(OCc5ccccc5)c5c4[C@@]3(CCN1C)[C@H]2O5. The minimum atomic E-state index is -0.735. The molecule has 168 valence electrons. The molecule has 0 amide bonds. The molecule has 4 bridgehead atoms. The smallest absolute Gasteiger partial charge is 0.166 e. The first-order valence-corrected chi connectivity index (χ1v) is 11.9. The molecule has 2 aliphatic heterocycles. The molecule has 2 aromatic rings. The Kier molecular flexibility index (Phi) is 3.81. The van der Waals surface area contributed by atoms with Gasteiger partial charge in [0.2, 0.25) is 0 Å². The van der Waals surface area contributed by atoms with Crippen molar-refractivity contribution >= 4 is 0 Å². The molecule has 0 aromatic heterocycles. The van der Waals surface area contributed by atoms with Gasteiger partial charge in [-0.1, -0.05) is 48.6 Å². The van der Waals surface area contributed by atoms with Gasteiger partial charge < -0.3 is 19.1 Å². The lowest BCUT2D eigenvalue weighted by Gasteiger charge is -2.70. The van der Waals surface area contributed by atoms with Gasteiger partial charge in [-0.15, -0.1) is 0 Å². The summed E-state index contributed by atoms with van der Waals surface area (Å²) < 4.78 is 19.5. The zero-order valence-electron chi connectivity index (χ0n) is 19.1. The average Bonchev–Trinajstić information content (AvgIpc) is 3.23. The van der Waals surface area contributed by atoms with Crippen LogP contribution in [0.2, 0.25) is 0 Å². The fourth-order valence-electron chi connectivity index (χ4n) is 8.04. The Morgan fingerprint density at radius 3 is 2.82 bits per heavy atom. The van der Waals surface area contributed by atoms with E-state index in [0.717, 1.165) is 42.9 Å². The largest absolute Gasteiger partial charge is 0.485 e. The van der Waals surface area contributed by atoms with Crippen LogP contribution in [0.15, 0.2) is 54.6 Å². The Labute approximate surface area is 194 Å². The van der Waals surface area contributed by atoms with Crippen molar-refractivity contribution in [1.29, 1.82) is 5.26 Å². The summed E-state index contributed by atoms with van der Waals surface area (Å²) in [5.74, 6) is 1.45. The molecule has 2 aromatic carbocycles. The highest BCUT2D eigenvalue weighted by molar-refractivity contribution is 5.65. The van der Waals surface area contributed by atoms with Crippen LogP contribution in [0.4, 0.5) is 0 Å². The molecular weight excluding hydrogens is 412 g/mol. The lowest BCUT2D eigenvalue weighted by molar-refractivity contribution is -0.203. The van der Waals surface area contributed by atoms with Gasteiger partial charge in [0.15, 0.2) is 11.5 Å². The maximum atomic E-state index is 10.2. The number of likely N-dealkylation sites (N-methyl/N-ethyl adjacent to an activating group) is 1. The molecule has 6 atom stereocenters. The molecule has 1 saturated heterocycles. The van der Waals surface area contributed by atoms with Gasteiger partial charge in [-0.25, -0.2) is 0 Å². The molecule has 33 heavy (non-hydrogen) atoms. The predicted octanol–water partition coefficient (Wildman–Crippen LogP) is 4.01. The van der Waals surface area contributed by atoms with E-state index >= 15 is 0 Å². The van der Waals surface area contributed by atoms with Crippen LogP contribution in [-0.4, -0.2) is 43.3 Å². The Morgan fingerprint density at radius 1 is 1.18 bits per heavy atom. The normalized spacial score (nSPS) is 39.0. The number of hydrogen-bond acceptors (Lipinski definition) is 5. The van der Waals surface area contributed by atoms with Crippen molar-refractivity contribution in [2.75, 3.05) is 20.7 Å². The number of rotatable bonds is 4. The molecule has 0 unspecified atom stereocenters. The Hall–Kier alpha value is -2.81. The van der Waals surface area contributed by atoms with Crippen LogP contribution in [0.1, 0.15) is 29.5 Å². The predicted molar refractivity (Wildman–Crippen MR) is 123 cm³/mol. The van der Waals surface area contributed by atoms with Crippen LogP contribution in [0, 0.1) is 22.7 Å². The van der Waals surface area contributed by atoms with Gasteiger partial charge in [0.1, 0.15) is 18.3 Å². The van der Waals surface area contributed by atoms with E-state index in [9.17, 15) is 5.26 Å². The number of methoxy groups -OCH3 is 1. The highest BCUT2D eigenvalue weighted by Gasteiger charge is 2.79. The maximum absolute atomic E-state index is 10.2. The van der Waals surface area contributed by atoms with E-state index in [2.05, 4.69) is 54.4 Å². The molecule has 8 rings (SSSR count). The summed E-state index contributed by atoms with van der Waals surface area (Å²) in [7, 11) is 3.97. The summed E-state index contributed by atoms with van der Waals surface area (Å²) in [6.07, 6.45) is 7.14. The number of benzene rings is 2. The summed E-state index contributed by atoms with van der Waals surface area (Å²) in [5.41, 5.74) is 2.78. The van der Waals surface area contributed by atoms with Gasteiger partial charge in [0, 0.05) is 24.1 Å². The van der Waals surface area contributed by atoms with Gasteiger partial charge in [0.25, 0.3) is 0 Å². The van der Waals surface area contributed by atoms with E-state index in [4.69, 9.17) is 14.2 Å². The highest BCUT2D eigenvalue weighted by Crippen LogP contribution is 2.74. The van der Waals surface area contributed by atoms with Crippen molar-refractivity contribution in [2.24, 2.45) is 11.3 Å². The van der Waals surface area contributed by atoms with Crippen molar-refractivity contribution in [3.05, 3.63) is 71.3 Å². The van der Waals surface area contributed by atoms with E-state index < -0.39 is 5.60 Å². The fraction of sp³-hybridized carbons (Fsp3) is 0.464. The van der Waals surface area contributed by atoms with Gasteiger partial charge in [-0.2, -0.15) is 5.26 Å². The summed E-state index contributed by atoms with van der Waals surface area (Å²) in [6, 6.07) is 17.5. The molecule has 5 nitrogen and oxygen atoms in total. The second kappa shape index (κ2) is 6.40. The summed E-state index contributed by atoms with van der Waals surface area (Å²) in [5, 5.41) is 10.2.